The highest BCUT2D eigenvalue weighted by Gasteiger charge is 2.24. The molecule has 1 amide bonds. The Bertz CT molecular complexity index is 472. The highest BCUT2D eigenvalue weighted by atomic mass is 32.2. The van der Waals surface area contributed by atoms with Gasteiger partial charge in [0.15, 0.2) is 0 Å². The second-order valence-corrected chi connectivity index (χ2v) is 7.56. The van der Waals surface area contributed by atoms with E-state index < -0.39 is 0 Å². The maximum atomic E-state index is 12.2. The van der Waals surface area contributed by atoms with Crippen molar-refractivity contribution in [2.45, 2.75) is 39.0 Å². The molecule has 0 unspecified atom stereocenters. The van der Waals surface area contributed by atoms with Gasteiger partial charge in [-0.05, 0) is 56.2 Å². The molecule has 1 saturated heterocycles. The average Bonchev–Trinajstić information content (AvgIpc) is 3.00. The predicted octanol–water partition coefficient (Wildman–Crippen LogP) is 3.40. The summed E-state index contributed by atoms with van der Waals surface area (Å²) in [5.41, 5.74) is 2.05. The standard InChI is InChI=1S/C18H28N2OS/c1-4-22-13-15-5-7-17(8-6-15)18(21)19-11-16-9-10-20(12-16)14(2)3/h5-8,14,16H,4,9-13H2,1-3H3,(H,19,21)/t16-/m0/s1. The van der Waals surface area contributed by atoms with Gasteiger partial charge in [-0.2, -0.15) is 11.8 Å². The second-order valence-electron chi connectivity index (χ2n) is 6.29. The van der Waals surface area contributed by atoms with Gasteiger partial charge in [-0.1, -0.05) is 19.1 Å². The summed E-state index contributed by atoms with van der Waals surface area (Å²) in [7, 11) is 0. The molecule has 0 saturated carbocycles. The number of thioether (sulfide) groups is 1. The van der Waals surface area contributed by atoms with E-state index in [9.17, 15) is 4.79 Å². The van der Waals surface area contributed by atoms with Gasteiger partial charge in [-0.25, -0.2) is 0 Å². The van der Waals surface area contributed by atoms with Crippen LogP contribution >= 0.6 is 11.8 Å². The van der Waals surface area contributed by atoms with Crippen molar-refractivity contribution in [3.63, 3.8) is 0 Å². The van der Waals surface area contributed by atoms with Crippen LogP contribution in [0.5, 0.6) is 0 Å². The first-order valence-corrected chi connectivity index (χ1v) is 9.44. The molecule has 1 aromatic rings. The molecule has 1 N–H and O–H groups in total. The van der Waals surface area contributed by atoms with E-state index in [0.717, 1.165) is 36.7 Å². The Morgan fingerprint density at radius 2 is 2.09 bits per heavy atom. The molecule has 1 aliphatic rings. The lowest BCUT2D eigenvalue weighted by Gasteiger charge is -2.20. The van der Waals surface area contributed by atoms with Gasteiger partial charge >= 0.3 is 0 Å². The summed E-state index contributed by atoms with van der Waals surface area (Å²) in [6.07, 6.45) is 1.19. The van der Waals surface area contributed by atoms with Crippen LogP contribution in [0, 0.1) is 5.92 Å². The Kier molecular flexibility index (Phi) is 6.77. The molecule has 22 heavy (non-hydrogen) atoms. The summed E-state index contributed by atoms with van der Waals surface area (Å²) in [5.74, 6) is 2.78. The van der Waals surface area contributed by atoms with E-state index in [4.69, 9.17) is 0 Å². The highest BCUT2D eigenvalue weighted by molar-refractivity contribution is 7.98. The van der Waals surface area contributed by atoms with Gasteiger partial charge in [0.1, 0.15) is 0 Å². The summed E-state index contributed by atoms with van der Waals surface area (Å²) < 4.78 is 0. The third-order valence-electron chi connectivity index (χ3n) is 4.29. The fraction of sp³-hybridized carbons (Fsp3) is 0.611. The van der Waals surface area contributed by atoms with Crippen molar-refractivity contribution in [2.75, 3.05) is 25.4 Å². The SMILES string of the molecule is CCSCc1ccc(C(=O)NC[C@@H]2CCN(C(C)C)C2)cc1. The van der Waals surface area contributed by atoms with E-state index in [1.807, 2.05) is 23.9 Å². The van der Waals surface area contributed by atoms with Crippen molar-refractivity contribution in [3.05, 3.63) is 35.4 Å². The van der Waals surface area contributed by atoms with Crippen LogP contribution in [0.25, 0.3) is 0 Å². The number of rotatable bonds is 7. The Hall–Kier alpha value is -1.00. The molecule has 122 valence electrons. The fourth-order valence-corrected chi connectivity index (χ4v) is 3.44. The van der Waals surface area contributed by atoms with Crippen molar-refractivity contribution >= 4 is 17.7 Å². The fourth-order valence-electron chi connectivity index (χ4n) is 2.81. The molecule has 1 fully saturated rings. The molecule has 0 radical (unpaired) electrons. The van der Waals surface area contributed by atoms with Gasteiger partial charge in [0, 0.05) is 30.4 Å². The molecule has 0 aromatic heterocycles. The topological polar surface area (TPSA) is 32.3 Å². The van der Waals surface area contributed by atoms with Crippen molar-refractivity contribution < 1.29 is 4.79 Å². The molecule has 0 spiro atoms. The van der Waals surface area contributed by atoms with E-state index in [0.29, 0.717) is 12.0 Å². The van der Waals surface area contributed by atoms with Crippen molar-refractivity contribution in [1.29, 1.82) is 0 Å². The van der Waals surface area contributed by atoms with Gasteiger partial charge < -0.3 is 10.2 Å². The zero-order chi connectivity index (χ0) is 15.9. The second kappa shape index (κ2) is 8.59. The van der Waals surface area contributed by atoms with Crippen molar-refractivity contribution in [2.24, 2.45) is 5.92 Å². The molecule has 1 heterocycles. The number of nitrogens with one attached hydrogen (secondary N) is 1. The largest absolute Gasteiger partial charge is 0.352 e. The third kappa shape index (κ3) is 5.03. The van der Waals surface area contributed by atoms with Gasteiger partial charge in [-0.3, -0.25) is 4.79 Å². The predicted molar refractivity (Wildman–Crippen MR) is 95.4 cm³/mol. The molecular weight excluding hydrogens is 292 g/mol. The molecule has 2 rings (SSSR count). The molecule has 0 bridgehead atoms. The van der Waals surface area contributed by atoms with E-state index in [1.54, 1.807) is 0 Å². The Morgan fingerprint density at radius 3 is 2.68 bits per heavy atom. The van der Waals surface area contributed by atoms with E-state index in [2.05, 4.69) is 43.1 Å². The molecule has 3 nitrogen and oxygen atoms in total. The molecule has 1 atom stereocenters. The normalized spacial score (nSPS) is 18.8. The lowest BCUT2D eigenvalue weighted by Crippen LogP contribution is -2.32. The van der Waals surface area contributed by atoms with Gasteiger partial charge in [0.2, 0.25) is 0 Å². The molecule has 1 aromatic carbocycles. The van der Waals surface area contributed by atoms with Crippen molar-refractivity contribution in [1.82, 2.24) is 10.2 Å². The third-order valence-corrected chi connectivity index (χ3v) is 5.23. The number of amides is 1. The number of benzene rings is 1. The molecule has 1 aliphatic heterocycles. The Morgan fingerprint density at radius 1 is 1.36 bits per heavy atom. The summed E-state index contributed by atoms with van der Waals surface area (Å²) in [4.78, 5) is 14.7. The smallest absolute Gasteiger partial charge is 0.251 e. The van der Waals surface area contributed by atoms with Crippen LogP contribution in [0.1, 0.15) is 43.1 Å². The molecule has 4 heteroatoms. The maximum absolute atomic E-state index is 12.2. The van der Waals surface area contributed by atoms with Crippen LogP contribution in [-0.2, 0) is 5.75 Å². The Labute approximate surface area is 138 Å². The minimum atomic E-state index is 0.0534. The summed E-state index contributed by atoms with van der Waals surface area (Å²) in [6, 6.07) is 8.61. The number of carbonyl (C=O) groups is 1. The van der Waals surface area contributed by atoms with E-state index in [1.165, 1.54) is 12.0 Å². The van der Waals surface area contributed by atoms with Crippen molar-refractivity contribution in [3.8, 4) is 0 Å². The van der Waals surface area contributed by atoms with Crippen LogP contribution in [0.3, 0.4) is 0 Å². The molecular formula is C18H28N2OS. The van der Waals surface area contributed by atoms with Crippen LogP contribution in [-0.4, -0.2) is 42.2 Å². The quantitative estimate of drug-likeness (QED) is 0.836. The van der Waals surface area contributed by atoms with Crippen LogP contribution < -0.4 is 5.32 Å². The van der Waals surface area contributed by atoms with Crippen LogP contribution in [0.15, 0.2) is 24.3 Å². The summed E-state index contributed by atoms with van der Waals surface area (Å²) in [5, 5.41) is 3.09. The maximum Gasteiger partial charge on any atom is 0.251 e. The number of nitrogens with zero attached hydrogens (tertiary/aromatic N) is 1. The first-order valence-electron chi connectivity index (χ1n) is 8.29. The lowest BCUT2D eigenvalue weighted by atomic mass is 10.1. The van der Waals surface area contributed by atoms with Gasteiger partial charge in [-0.15, -0.1) is 0 Å². The first-order chi connectivity index (χ1) is 10.6. The van der Waals surface area contributed by atoms with E-state index in [-0.39, 0.29) is 5.91 Å². The van der Waals surface area contributed by atoms with E-state index >= 15 is 0 Å². The minimum absolute atomic E-state index is 0.0534. The first kappa shape index (κ1) is 17.4. The van der Waals surface area contributed by atoms with Crippen LogP contribution in [0.2, 0.25) is 0 Å². The van der Waals surface area contributed by atoms with Gasteiger partial charge in [0.25, 0.3) is 5.91 Å². The lowest BCUT2D eigenvalue weighted by molar-refractivity contribution is 0.0947. The zero-order valence-corrected chi connectivity index (χ0v) is 14.8. The summed E-state index contributed by atoms with van der Waals surface area (Å²) in [6.45, 7) is 9.68. The average molecular weight is 321 g/mol. The number of carbonyl (C=O) groups excluding carboxylic acids is 1. The number of likely N-dealkylation sites (tertiary alicyclic amines) is 1. The number of hydrogen-bond donors (Lipinski definition) is 1. The summed E-state index contributed by atoms with van der Waals surface area (Å²) >= 11 is 1.90. The monoisotopic (exact) mass is 320 g/mol. The Balaban J connectivity index is 1.77. The highest BCUT2D eigenvalue weighted by Crippen LogP contribution is 2.18. The van der Waals surface area contributed by atoms with Crippen LogP contribution in [0.4, 0.5) is 0 Å². The minimum Gasteiger partial charge on any atom is -0.352 e. The number of hydrogen-bond acceptors (Lipinski definition) is 3. The zero-order valence-electron chi connectivity index (χ0n) is 14.0. The molecule has 0 aliphatic carbocycles. The van der Waals surface area contributed by atoms with Gasteiger partial charge in [0.05, 0.1) is 0 Å².